The van der Waals surface area contributed by atoms with Crippen molar-refractivity contribution in [2.75, 3.05) is 6.61 Å². The molecule has 0 amide bonds. The molecule has 0 aliphatic heterocycles. The Kier molecular flexibility index (Phi) is 3.78. The number of aldehydes is 1. The average Bonchev–Trinajstić information content (AvgIpc) is 2.29. The molecule has 0 atom stereocenters. The molecule has 0 aliphatic carbocycles. The Bertz CT molecular complexity index is 472. The molecule has 0 spiro atoms. The molecule has 0 saturated heterocycles. The molecule has 16 heavy (non-hydrogen) atoms. The summed E-state index contributed by atoms with van der Waals surface area (Å²) in [6.07, 6.45) is 0.582. The highest BCUT2D eigenvalue weighted by Gasteiger charge is 2.15. The van der Waals surface area contributed by atoms with Gasteiger partial charge in [-0.15, -0.1) is 0 Å². The monoisotopic (exact) mass is 217 g/mol. The van der Waals surface area contributed by atoms with Gasteiger partial charge in [0, 0.05) is 0 Å². The zero-order valence-corrected chi connectivity index (χ0v) is 9.11. The van der Waals surface area contributed by atoms with Gasteiger partial charge >= 0.3 is 0 Å². The summed E-state index contributed by atoms with van der Waals surface area (Å²) in [6, 6.07) is 4.74. The lowest BCUT2D eigenvalue weighted by Crippen LogP contribution is -2.04. The smallest absolute Gasteiger partial charge is 0.163 e. The van der Waals surface area contributed by atoms with Gasteiger partial charge in [0.2, 0.25) is 0 Å². The van der Waals surface area contributed by atoms with Crippen LogP contribution in [0.3, 0.4) is 0 Å². The number of carbonyl (C=O) groups is 2. The van der Waals surface area contributed by atoms with E-state index in [1.807, 2.05) is 6.07 Å². The van der Waals surface area contributed by atoms with Gasteiger partial charge in [-0.2, -0.15) is 5.26 Å². The summed E-state index contributed by atoms with van der Waals surface area (Å²) >= 11 is 0. The van der Waals surface area contributed by atoms with Gasteiger partial charge in [-0.1, -0.05) is 0 Å². The highest BCUT2D eigenvalue weighted by Crippen LogP contribution is 2.25. The zero-order valence-electron chi connectivity index (χ0n) is 9.11. The van der Waals surface area contributed by atoms with Crippen LogP contribution in [0.5, 0.6) is 5.75 Å². The van der Waals surface area contributed by atoms with Crippen LogP contribution >= 0.6 is 0 Å². The van der Waals surface area contributed by atoms with Crippen LogP contribution < -0.4 is 4.74 Å². The van der Waals surface area contributed by atoms with E-state index in [0.29, 0.717) is 12.9 Å². The zero-order chi connectivity index (χ0) is 12.1. The molecular formula is C12H11NO3. The van der Waals surface area contributed by atoms with Crippen LogP contribution in [0, 0.1) is 11.3 Å². The third-order valence-corrected chi connectivity index (χ3v) is 2.04. The van der Waals surface area contributed by atoms with E-state index in [4.69, 9.17) is 10.00 Å². The minimum atomic E-state index is -0.233. The molecular weight excluding hydrogens is 206 g/mol. The van der Waals surface area contributed by atoms with Gasteiger partial charge < -0.3 is 4.74 Å². The number of ether oxygens (including phenoxy) is 1. The second kappa shape index (κ2) is 5.08. The Hall–Kier alpha value is -2.15. The highest BCUT2D eigenvalue weighted by molar-refractivity contribution is 6.00. The number of hydrogen-bond acceptors (Lipinski definition) is 4. The third-order valence-electron chi connectivity index (χ3n) is 2.04. The Morgan fingerprint density at radius 2 is 2.25 bits per heavy atom. The molecule has 0 fully saturated rings. The Morgan fingerprint density at radius 3 is 2.69 bits per heavy atom. The van der Waals surface area contributed by atoms with Gasteiger partial charge in [0.1, 0.15) is 5.75 Å². The molecule has 0 unspecified atom stereocenters. The van der Waals surface area contributed by atoms with Crippen molar-refractivity contribution in [1.29, 1.82) is 5.26 Å². The molecule has 0 radical (unpaired) electrons. The predicted molar refractivity (Wildman–Crippen MR) is 57.7 cm³/mol. The molecule has 82 valence electrons. The van der Waals surface area contributed by atoms with E-state index in [-0.39, 0.29) is 28.2 Å². The normalized spacial score (nSPS) is 9.31. The molecule has 0 aliphatic rings. The highest BCUT2D eigenvalue weighted by atomic mass is 16.5. The minimum absolute atomic E-state index is 0.228. The van der Waals surface area contributed by atoms with Gasteiger partial charge in [0.05, 0.1) is 29.4 Å². The third kappa shape index (κ3) is 2.26. The van der Waals surface area contributed by atoms with Crippen LogP contribution in [0.2, 0.25) is 0 Å². The van der Waals surface area contributed by atoms with E-state index in [1.165, 1.54) is 19.1 Å². The summed E-state index contributed by atoms with van der Waals surface area (Å²) in [5, 5.41) is 8.77. The number of benzene rings is 1. The van der Waals surface area contributed by atoms with E-state index in [0.717, 1.165) is 0 Å². The average molecular weight is 217 g/mol. The number of hydrogen-bond donors (Lipinski definition) is 0. The van der Waals surface area contributed by atoms with E-state index in [9.17, 15) is 9.59 Å². The predicted octanol–water partition coefficient (Wildman–Crippen LogP) is 1.97. The van der Waals surface area contributed by atoms with Crippen molar-refractivity contribution in [2.24, 2.45) is 0 Å². The van der Waals surface area contributed by atoms with Crippen molar-refractivity contribution >= 4 is 12.1 Å². The maximum atomic E-state index is 11.4. The lowest BCUT2D eigenvalue weighted by atomic mass is 10.0. The second-order valence-corrected chi connectivity index (χ2v) is 3.16. The Morgan fingerprint density at radius 1 is 1.56 bits per heavy atom. The Labute approximate surface area is 93.5 Å². The van der Waals surface area contributed by atoms with Crippen LogP contribution in [0.1, 0.15) is 40.1 Å². The molecule has 0 aromatic heterocycles. The molecule has 1 aromatic carbocycles. The summed E-state index contributed by atoms with van der Waals surface area (Å²) in [4.78, 5) is 22.2. The first-order valence-electron chi connectivity index (χ1n) is 4.81. The van der Waals surface area contributed by atoms with E-state index >= 15 is 0 Å². The maximum absolute atomic E-state index is 11.4. The fourth-order valence-corrected chi connectivity index (χ4v) is 1.37. The molecule has 1 aromatic rings. The fourth-order valence-electron chi connectivity index (χ4n) is 1.37. The van der Waals surface area contributed by atoms with Crippen LogP contribution in [-0.4, -0.2) is 18.7 Å². The van der Waals surface area contributed by atoms with Gasteiger partial charge in [-0.3, -0.25) is 9.59 Å². The molecule has 0 heterocycles. The van der Waals surface area contributed by atoms with Gasteiger partial charge in [-0.05, 0) is 26.0 Å². The lowest BCUT2D eigenvalue weighted by molar-refractivity contribution is 0.101. The summed E-state index contributed by atoms with van der Waals surface area (Å²) in [7, 11) is 0. The van der Waals surface area contributed by atoms with Crippen molar-refractivity contribution in [1.82, 2.24) is 0 Å². The maximum Gasteiger partial charge on any atom is 0.163 e. The first kappa shape index (κ1) is 11.9. The van der Waals surface area contributed by atoms with Crippen LogP contribution in [0.15, 0.2) is 12.1 Å². The second-order valence-electron chi connectivity index (χ2n) is 3.16. The van der Waals surface area contributed by atoms with Gasteiger partial charge in [0.25, 0.3) is 0 Å². The summed E-state index contributed by atoms with van der Waals surface area (Å²) in [5.41, 5.74) is 0.768. The fraction of sp³-hybridized carbons (Fsp3) is 0.250. The largest absolute Gasteiger partial charge is 0.492 e. The van der Waals surface area contributed by atoms with Crippen molar-refractivity contribution in [3.05, 3.63) is 28.8 Å². The minimum Gasteiger partial charge on any atom is -0.492 e. The first-order valence-corrected chi connectivity index (χ1v) is 4.81. The van der Waals surface area contributed by atoms with E-state index in [1.54, 1.807) is 6.92 Å². The van der Waals surface area contributed by atoms with Crippen molar-refractivity contribution in [2.45, 2.75) is 13.8 Å². The van der Waals surface area contributed by atoms with Crippen LogP contribution in [-0.2, 0) is 0 Å². The van der Waals surface area contributed by atoms with E-state index in [2.05, 4.69) is 0 Å². The van der Waals surface area contributed by atoms with Crippen LogP contribution in [0.4, 0.5) is 0 Å². The molecule has 0 N–H and O–H groups in total. The van der Waals surface area contributed by atoms with Crippen molar-refractivity contribution in [3.8, 4) is 11.8 Å². The van der Waals surface area contributed by atoms with Crippen molar-refractivity contribution in [3.63, 3.8) is 0 Å². The topological polar surface area (TPSA) is 67.2 Å². The van der Waals surface area contributed by atoms with Gasteiger partial charge in [-0.25, -0.2) is 0 Å². The number of rotatable bonds is 4. The number of carbonyl (C=O) groups excluding carboxylic acids is 2. The number of Topliss-reactive ketones (excluding diaryl/α,β-unsaturated/α-hetero) is 1. The van der Waals surface area contributed by atoms with Crippen molar-refractivity contribution < 1.29 is 14.3 Å². The molecule has 4 heteroatoms. The molecule has 0 bridgehead atoms. The number of nitrogens with zero attached hydrogens (tertiary/aromatic N) is 1. The first-order chi connectivity index (χ1) is 7.63. The van der Waals surface area contributed by atoms with E-state index < -0.39 is 0 Å². The standard InChI is InChI=1S/C12H11NO3/c1-3-16-12-10(7-14)4-9(6-13)5-11(12)8(2)15/h4-5,7H,3H2,1-2H3. The number of ketones is 1. The molecule has 0 saturated carbocycles. The van der Waals surface area contributed by atoms with Crippen LogP contribution in [0.25, 0.3) is 0 Å². The summed E-state index contributed by atoms with van der Waals surface area (Å²) in [5.74, 6) is 0.0210. The number of nitriles is 1. The Balaban J connectivity index is 3.48. The van der Waals surface area contributed by atoms with Gasteiger partial charge in [0.15, 0.2) is 12.1 Å². The summed E-state index contributed by atoms with van der Waals surface area (Å²) in [6.45, 7) is 3.48. The molecule has 4 nitrogen and oxygen atoms in total. The quantitative estimate of drug-likeness (QED) is 0.571. The SMILES string of the molecule is CCOc1c(C=O)cc(C#N)cc1C(C)=O. The lowest BCUT2D eigenvalue weighted by Gasteiger charge is -2.10. The molecule has 1 rings (SSSR count). The summed E-state index contributed by atoms with van der Waals surface area (Å²) < 4.78 is 5.26.